The first-order valence-corrected chi connectivity index (χ1v) is 8.51. The van der Waals surface area contributed by atoms with Gasteiger partial charge < -0.3 is 0 Å². The van der Waals surface area contributed by atoms with E-state index in [1.54, 1.807) is 0 Å². The molecular weight excluding hydrogens is 279 g/mol. The number of sulfonamides is 1. The molecule has 6 heteroatoms. The quantitative estimate of drug-likeness (QED) is 0.921. The van der Waals surface area contributed by atoms with Crippen molar-refractivity contribution < 1.29 is 12.8 Å². The van der Waals surface area contributed by atoms with Crippen LogP contribution in [0.1, 0.15) is 25.7 Å². The predicted octanol–water partition coefficient (Wildman–Crippen LogP) is 1.73. The van der Waals surface area contributed by atoms with Gasteiger partial charge in [0.15, 0.2) is 0 Å². The minimum atomic E-state index is -3.55. The predicted molar refractivity (Wildman–Crippen MR) is 74.4 cm³/mol. The number of rotatable bonds is 4. The van der Waals surface area contributed by atoms with Gasteiger partial charge >= 0.3 is 0 Å². The van der Waals surface area contributed by atoms with Gasteiger partial charge in [-0.3, -0.25) is 4.90 Å². The van der Waals surface area contributed by atoms with Crippen LogP contribution in [0.3, 0.4) is 0 Å². The normalized spacial score (nSPS) is 22.1. The van der Waals surface area contributed by atoms with Gasteiger partial charge in [0.2, 0.25) is 10.0 Å². The SMILES string of the molecule is O=S(=O)(NCC12CCCN1CCC2)c1ccc(F)cc1. The zero-order chi connectivity index (χ0) is 14.2. The minimum absolute atomic E-state index is 0.00704. The van der Waals surface area contributed by atoms with E-state index in [1.165, 1.54) is 24.3 Å². The van der Waals surface area contributed by atoms with Crippen molar-refractivity contribution in [3.05, 3.63) is 30.1 Å². The molecule has 20 heavy (non-hydrogen) atoms. The largest absolute Gasteiger partial charge is 0.296 e. The Hall–Kier alpha value is -0.980. The maximum Gasteiger partial charge on any atom is 0.240 e. The number of nitrogens with one attached hydrogen (secondary N) is 1. The van der Waals surface area contributed by atoms with Gasteiger partial charge in [0.25, 0.3) is 0 Å². The molecule has 0 aliphatic carbocycles. The van der Waals surface area contributed by atoms with Crippen molar-refractivity contribution in [3.8, 4) is 0 Å². The summed E-state index contributed by atoms with van der Waals surface area (Å²) in [6, 6.07) is 4.95. The molecule has 2 fully saturated rings. The van der Waals surface area contributed by atoms with Crippen LogP contribution in [0.25, 0.3) is 0 Å². The van der Waals surface area contributed by atoms with Crippen LogP contribution < -0.4 is 4.72 Å². The maximum atomic E-state index is 12.9. The van der Waals surface area contributed by atoms with E-state index in [0.29, 0.717) is 6.54 Å². The molecule has 2 saturated heterocycles. The number of benzene rings is 1. The van der Waals surface area contributed by atoms with Gasteiger partial charge in [0, 0.05) is 12.1 Å². The van der Waals surface area contributed by atoms with Gasteiger partial charge in [-0.25, -0.2) is 17.5 Å². The molecule has 110 valence electrons. The molecule has 0 atom stereocenters. The molecule has 0 radical (unpaired) electrons. The summed E-state index contributed by atoms with van der Waals surface area (Å²) in [6.07, 6.45) is 4.38. The summed E-state index contributed by atoms with van der Waals surface area (Å²) in [6.45, 7) is 2.59. The van der Waals surface area contributed by atoms with E-state index in [0.717, 1.165) is 38.8 Å². The smallest absolute Gasteiger partial charge is 0.240 e. The topological polar surface area (TPSA) is 49.4 Å². The first-order valence-electron chi connectivity index (χ1n) is 7.02. The Labute approximate surface area is 119 Å². The fraction of sp³-hybridized carbons (Fsp3) is 0.571. The van der Waals surface area contributed by atoms with Crippen LogP contribution in [0, 0.1) is 5.82 Å². The van der Waals surface area contributed by atoms with E-state index in [4.69, 9.17) is 0 Å². The van der Waals surface area contributed by atoms with Crippen molar-refractivity contribution >= 4 is 10.0 Å². The van der Waals surface area contributed by atoms with Gasteiger partial charge in [-0.05, 0) is 63.0 Å². The fourth-order valence-corrected chi connectivity index (χ4v) is 4.56. The molecular formula is C14H19FN2O2S. The first-order chi connectivity index (χ1) is 9.52. The Morgan fingerprint density at radius 2 is 1.75 bits per heavy atom. The Morgan fingerprint density at radius 1 is 1.15 bits per heavy atom. The second kappa shape index (κ2) is 5.09. The molecule has 1 aromatic carbocycles. The second-order valence-corrected chi connectivity index (χ2v) is 7.46. The molecule has 3 rings (SSSR count). The van der Waals surface area contributed by atoms with Gasteiger partial charge in [-0.15, -0.1) is 0 Å². The molecule has 0 saturated carbocycles. The zero-order valence-electron chi connectivity index (χ0n) is 11.3. The van der Waals surface area contributed by atoms with Crippen LogP contribution in [0.4, 0.5) is 4.39 Å². The highest BCUT2D eigenvalue weighted by Gasteiger charge is 2.44. The summed E-state index contributed by atoms with van der Waals surface area (Å²) >= 11 is 0. The third kappa shape index (κ3) is 2.47. The first kappa shape index (κ1) is 14.0. The lowest BCUT2D eigenvalue weighted by atomic mass is 9.95. The van der Waals surface area contributed by atoms with Crippen LogP contribution in [0.2, 0.25) is 0 Å². The van der Waals surface area contributed by atoms with Crippen molar-refractivity contribution in [2.75, 3.05) is 19.6 Å². The van der Waals surface area contributed by atoms with Crippen molar-refractivity contribution in [2.45, 2.75) is 36.1 Å². The lowest BCUT2D eigenvalue weighted by Crippen LogP contribution is -2.48. The van der Waals surface area contributed by atoms with E-state index in [1.807, 2.05) is 0 Å². The molecule has 2 aliphatic rings. The summed E-state index contributed by atoms with van der Waals surface area (Å²) in [5, 5.41) is 0. The monoisotopic (exact) mass is 298 g/mol. The second-order valence-electron chi connectivity index (χ2n) is 5.70. The van der Waals surface area contributed by atoms with Crippen LogP contribution in [0.15, 0.2) is 29.2 Å². The average molecular weight is 298 g/mol. The Morgan fingerprint density at radius 3 is 2.35 bits per heavy atom. The average Bonchev–Trinajstić information content (AvgIpc) is 2.96. The Bertz CT molecular complexity index is 576. The number of fused-ring (bicyclic) bond motifs is 1. The van der Waals surface area contributed by atoms with Crippen LogP contribution >= 0.6 is 0 Å². The summed E-state index contributed by atoms with van der Waals surface area (Å²) in [4.78, 5) is 2.53. The van der Waals surface area contributed by atoms with Crippen molar-refractivity contribution in [2.24, 2.45) is 0 Å². The molecule has 1 N–H and O–H groups in total. The molecule has 1 aromatic rings. The summed E-state index contributed by atoms with van der Waals surface area (Å²) in [7, 11) is -3.55. The standard InChI is InChI=1S/C14H19FN2O2S/c15-12-3-5-13(6-4-12)20(18,19)16-11-14-7-1-9-17(14)10-2-8-14/h3-6,16H,1-2,7-11H2. The molecule has 0 aromatic heterocycles. The molecule has 4 nitrogen and oxygen atoms in total. The molecule has 2 aliphatic heterocycles. The zero-order valence-corrected chi connectivity index (χ0v) is 12.1. The molecule has 0 bridgehead atoms. The summed E-state index contributed by atoms with van der Waals surface area (Å²) in [5.74, 6) is -0.430. The van der Waals surface area contributed by atoms with Crippen molar-refractivity contribution in [1.29, 1.82) is 0 Å². The highest BCUT2D eigenvalue weighted by atomic mass is 32.2. The van der Waals surface area contributed by atoms with Crippen LogP contribution in [0.5, 0.6) is 0 Å². The Balaban J connectivity index is 1.72. The molecule has 0 amide bonds. The lowest BCUT2D eigenvalue weighted by molar-refractivity contribution is 0.198. The van der Waals surface area contributed by atoms with Gasteiger partial charge in [0.1, 0.15) is 5.82 Å². The third-order valence-electron chi connectivity index (χ3n) is 4.53. The lowest BCUT2D eigenvalue weighted by Gasteiger charge is -2.32. The highest BCUT2D eigenvalue weighted by molar-refractivity contribution is 7.89. The van der Waals surface area contributed by atoms with E-state index < -0.39 is 15.8 Å². The highest BCUT2D eigenvalue weighted by Crippen LogP contribution is 2.38. The molecule has 2 heterocycles. The number of hydrogen-bond acceptors (Lipinski definition) is 3. The summed E-state index contributed by atoms with van der Waals surface area (Å²) in [5.41, 5.74) is 0.00704. The van der Waals surface area contributed by atoms with Crippen LogP contribution in [-0.2, 0) is 10.0 Å². The summed E-state index contributed by atoms with van der Waals surface area (Å²) < 4.78 is 40.0. The molecule has 0 unspecified atom stereocenters. The van der Waals surface area contributed by atoms with E-state index in [9.17, 15) is 12.8 Å². The van der Waals surface area contributed by atoms with Crippen molar-refractivity contribution in [1.82, 2.24) is 9.62 Å². The number of hydrogen-bond donors (Lipinski definition) is 1. The Kier molecular flexibility index (Phi) is 3.56. The minimum Gasteiger partial charge on any atom is -0.296 e. The third-order valence-corrected chi connectivity index (χ3v) is 5.94. The van der Waals surface area contributed by atoms with E-state index in [2.05, 4.69) is 9.62 Å². The van der Waals surface area contributed by atoms with Gasteiger partial charge in [0.05, 0.1) is 4.90 Å². The van der Waals surface area contributed by atoms with E-state index in [-0.39, 0.29) is 10.4 Å². The molecule has 0 spiro atoms. The van der Waals surface area contributed by atoms with Crippen molar-refractivity contribution in [3.63, 3.8) is 0 Å². The van der Waals surface area contributed by atoms with E-state index >= 15 is 0 Å². The van der Waals surface area contributed by atoms with Gasteiger partial charge in [-0.1, -0.05) is 0 Å². The van der Waals surface area contributed by atoms with Crippen LogP contribution in [-0.4, -0.2) is 38.5 Å². The number of halogens is 1. The fourth-order valence-electron chi connectivity index (χ4n) is 3.44. The maximum absolute atomic E-state index is 12.9. The van der Waals surface area contributed by atoms with Gasteiger partial charge in [-0.2, -0.15) is 0 Å². The number of nitrogens with zero attached hydrogens (tertiary/aromatic N) is 1.